The molecule has 0 bridgehead atoms. The zero-order chi connectivity index (χ0) is 17.7. The van der Waals surface area contributed by atoms with Gasteiger partial charge >= 0.3 is 0 Å². The first-order valence-electron chi connectivity index (χ1n) is 8.04. The highest BCUT2D eigenvalue weighted by molar-refractivity contribution is 7.80. The van der Waals surface area contributed by atoms with Crippen LogP contribution in [-0.4, -0.2) is 17.1 Å². The Balaban J connectivity index is 2.65. The van der Waals surface area contributed by atoms with Crippen molar-refractivity contribution < 1.29 is 5.11 Å². The Morgan fingerprint density at radius 3 is 2.50 bits per heavy atom. The molecule has 3 nitrogen and oxygen atoms in total. The van der Waals surface area contributed by atoms with E-state index in [2.05, 4.69) is 12.2 Å². The first-order chi connectivity index (χ1) is 11.5. The average Bonchev–Trinajstić information content (AvgIpc) is 2.60. The summed E-state index contributed by atoms with van der Waals surface area (Å²) in [5.41, 5.74) is 7.65. The number of rotatable bonds is 6. The lowest BCUT2D eigenvalue weighted by Crippen LogP contribution is -2.30. The van der Waals surface area contributed by atoms with Crippen LogP contribution in [0.3, 0.4) is 0 Å². The molecule has 1 unspecified atom stereocenters. The summed E-state index contributed by atoms with van der Waals surface area (Å²) in [5.74, 6) is 0. The largest absolute Gasteiger partial charge is 0.398 e. The molecule has 128 valence electrons. The molecule has 2 aromatic rings. The Kier molecular flexibility index (Phi) is 6.21. The van der Waals surface area contributed by atoms with Gasteiger partial charge in [0.2, 0.25) is 0 Å². The maximum Gasteiger partial charge on any atom is 0.117 e. The van der Waals surface area contributed by atoms with Gasteiger partial charge < -0.3 is 16.2 Å². The van der Waals surface area contributed by atoms with Crippen molar-refractivity contribution in [1.82, 2.24) is 5.32 Å². The number of nitrogen functional groups attached to an aromatic ring is 1. The van der Waals surface area contributed by atoms with Crippen molar-refractivity contribution in [2.75, 3.05) is 12.8 Å². The van der Waals surface area contributed by atoms with Crippen LogP contribution in [0.5, 0.6) is 0 Å². The molecule has 0 saturated heterocycles. The summed E-state index contributed by atoms with van der Waals surface area (Å²) < 4.78 is 0. The minimum Gasteiger partial charge on any atom is -0.398 e. The lowest BCUT2D eigenvalue weighted by Gasteiger charge is -2.31. The average molecular weight is 363 g/mol. The zero-order valence-electron chi connectivity index (χ0n) is 14.0. The number of hydrogen-bond donors (Lipinski definition) is 3. The third-order valence-electron chi connectivity index (χ3n) is 4.24. The Bertz CT molecular complexity index is 721. The van der Waals surface area contributed by atoms with E-state index in [0.717, 1.165) is 18.4 Å². The molecule has 2 rings (SSSR count). The molecule has 0 spiro atoms. The van der Waals surface area contributed by atoms with Gasteiger partial charge in [-0.25, -0.2) is 0 Å². The lowest BCUT2D eigenvalue weighted by molar-refractivity contribution is 0.0692. The van der Waals surface area contributed by atoms with Crippen LogP contribution >= 0.6 is 23.8 Å². The standard InChI is InChI=1S/C19H23ClN2OS/c1-3-4-12-19(23,13-8-6-5-7-9-13)14-10-11-15(20)16(17(14)21)18(24)22-2/h5-11,23H,3-4,12,21H2,1-2H3,(H,22,24). The Labute approximate surface area is 153 Å². The number of benzene rings is 2. The van der Waals surface area contributed by atoms with Gasteiger partial charge in [-0.05, 0) is 18.1 Å². The van der Waals surface area contributed by atoms with Crippen LogP contribution in [0.15, 0.2) is 42.5 Å². The summed E-state index contributed by atoms with van der Waals surface area (Å²) in [4.78, 5) is 0.463. The third-order valence-corrected chi connectivity index (χ3v) is 4.96. The van der Waals surface area contributed by atoms with E-state index in [9.17, 15) is 5.11 Å². The van der Waals surface area contributed by atoms with Crippen molar-refractivity contribution >= 4 is 34.5 Å². The SMILES string of the molecule is CCCCC(O)(c1ccccc1)c1ccc(Cl)c(C(=S)NC)c1N. The van der Waals surface area contributed by atoms with E-state index in [1.807, 2.05) is 30.3 Å². The minimum atomic E-state index is -1.18. The van der Waals surface area contributed by atoms with Crippen molar-refractivity contribution in [3.05, 3.63) is 64.2 Å². The summed E-state index contributed by atoms with van der Waals surface area (Å²) >= 11 is 11.6. The Hall–Kier alpha value is -1.62. The normalized spacial score (nSPS) is 13.3. The van der Waals surface area contributed by atoms with Crippen molar-refractivity contribution in [2.45, 2.75) is 31.8 Å². The molecule has 0 radical (unpaired) electrons. The van der Waals surface area contributed by atoms with E-state index in [4.69, 9.17) is 29.6 Å². The van der Waals surface area contributed by atoms with Crippen molar-refractivity contribution in [3.8, 4) is 0 Å². The Morgan fingerprint density at radius 2 is 1.92 bits per heavy atom. The lowest BCUT2D eigenvalue weighted by atomic mass is 9.80. The summed E-state index contributed by atoms with van der Waals surface area (Å²) in [6, 6.07) is 13.1. The van der Waals surface area contributed by atoms with Gasteiger partial charge in [-0.1, -0.05) is 80.0 Å². The van der Waals surface area contributed by atoms with Gasteiger partial charge in [0, 0.05) is 18.3 Å². The molecule has 1 atom stereocenters. The molecule has 0 heterocycles. The first kappa shape index (κ1) is 18.7. The molecular weight excluding hydrogens is 340 g/mol. The summed E-state index contributed by atoms with van der Waals surface area (Å²) in [6.45, 7) is 2.10. The van der Waals surface area contributed by atoms with Gasteiger partial charge in [0.15, 0.2) is 0 Å². The highest BCUT2D eigenvalue weighted by Gasteiger charge is 2.34. The van der Waals surface area contributed by atoms with Gasteiger partial charge in [0.25, 0.3) is 0 Å². The smallest absolute Gasteiger partial charge is 0.117 e. The van der Waals surface area contributed by atoms with Crippen molar-refractivity contribution in [3.63, 3.8) is 0 Å². The second-order valence-electron chi connectivity index (χ2n) is 5.79. The summed E-state index contributed by atoms with van der Waals surface area (Å²) in [7, 11) is 1.73. The first-order valence-corrected chi connectivity index (χ1v) is 8.82. The third kappa shape index (κ3) is 3.56. The van der Waals surface area contributed by atoms with E-state index in [0.29, 0.717) is 33.2 Å². The molecule has 0 aliphatic heterocycles. The van der Waals surface area contributed by atoms with Crippen LogP contribution in [0.4, 0.5) is 5.69 Å². The number of thiocarbonyl (C=S) groups is 1. The number of unbranched alkanes of at least 4 members (excludes halogenated alkanes) is 1. The maximum absolute atomic E-state index is 11.5. The Morgan fingerprint density at radius 1 is 1.25 bits per heavy atom. The van der Waals surface area contributed by atoms with E-state index in [1.165, 1.54) is 0 Å². The number of anilines is 1. The van der Waals surface area contributed by atoms with Gasteiger partial charge in [0.05, 0.1) is 10.6 Å². The second-order valence-corrected chi connectivity index (χ2v) is 6.61. The summed E-state index contributed by atoms with van der Waals surface area (Å²) in [5, 5.41) is 14.9. The molecule has 0 aliphatic carbocycles. The van der Waals surface area contributed by atoms with Crippen LogP contribution in [0.2, 0.25) is 5.02 Å². The predicted molar refractivity (Wildman–Crippen MR) is 106 cm³/mol. The van der Waals surface area contributed by atoms with E-state index in [-0.39, 0.29) is 0 Å². The molecule has 0 aromatic heterocycles. The molecule has 4 N–H and O–H groups in total. The molecule has 0 aliphatic rings. The number of hydrogen-bond acceptors (Lipinski definition) is 3. The second kappa shape index (κ2) is 7.97. The van der Waals surface area contributed by atoms with Gasteiger partial charge in [0.1, 0.15) is 10.6 Å². The topological polar surface area (TPSA) is 58.3 Å². The minimum absolute atomic E-state index is 0.421. The molecule has 2 aromatic carbocycles. The quantitative estimate of drug-likeness (QED) is 0.531. The number of nitrogens with two attached hydrogens (primary N) is 1. The monoisotopic (exact) mass is 362 g/mol. The van der Waals surface area contributed by atoms with Crippen LogP contribution in [-0.2, 0) is 5.60 Å². The fourth-order valence-electron chi connectivity index (χ4n) is 2.89. The zero-order valence-corrected chi connectivity index (χ0v) is 15.5. The van der Waals surface area contributed by atoms with E-state index < -0.39 is 5.60 Å². The predicted octanol–water partition coefficient (Wildman–Crippen LogP) is 4.24. The number of aliphatic hydroxyl groups is 1. The fourth-order valence-corrected chi connectivity index (χ4v) is 3.43. The van der Waals surface area contributed by atoms with Crippen LogP contribution in [0.25, 0.3) is 0 Å². The molecule has 0 fully saturated rings. The van der Waals surface area contributed by atoms with Gasteiger partial charge in [-0.2, -0.15) is 0 Å². The van der Waals surface area contributed by atoms with Gasteiger partial charge in [-0.15, -0.1) is 0 Å². The molecule has 0 saturated carbocycles. The molecule has 24 heavy (non-hydrogen) atoms. The van der Waals surface area contributed by atoms with Crippen molar-refractivity contribution in [2.24, 2.45) is 0 Å². The summed E-state index contributed by atoms with van der Waals surface area (Å²) in [6.07, 6.45) is 2.43. The number of nitrogens with one attached hydrogen (secondary N) is 1. The van der Waals surface area contributed by atoms with E-state index >= 15 is 0 Å². The fraction of sp³-hybridized carbons (Fsp3) is 0.316. The van der Waals surface area contributed by atoms with Crippen LogP contribution in [0, 0.1) is 0 Å². The van der Waals surface area contributed by atoms with Crippen molar-refractivity contribution in [1.29, 1.82) is 0 Å². The van der Waals surface area contributed by atoms with E-state index in [1.54, 1.807) is 19.2 Å². The molecular formula is C19H23ClN2OS. The van der Waals surface area contributed by atoms with Crippen LogP contribution < -0.4 is 11.1 Å². The maximum atomic E-state index is 11.5. The van der Waals surface area contributed by atoms with Gasteiger partial charge in [-0.3, -0.25) is 0 Å². The number of halogens is 1. The molecule has 5 heteroatoms. The highest BCUT2D eigenvalue weighted by atomic mass is 35.5. The highest BCUT2D eigenvalue weighted by Crippen LogP contribution is 2.40. The molecule has 0 amide bonds. The van der Waals surface area contributed by atoms with Crippen LogP contribution in [0.1, 0.15) is 42.9 Å².